The molecule has 2 amide bonds. The van der Waals surface area contributed by atoms with E-state index < -0.39 is 5.60 Å². The first-order valence-corrected chi connectivity index (χ1v) is 11.8. The number of amides is 2. The number of rotatable bonds is 4. The van der Waals surface area contributed by atoms with Gasteiger partial charge in [-0.1, -0.05) is 42.5 Å². The molecule has 1 spiro atoms. The predicted octanol–water partition coefficient (Wildman–Crippen LogP) is 3.85. The van der Waals surface area contributed by atoms with Crippen molar-refractivity contribution >= 4 is 34.5 Å². The van der Waals surface area contributed by atoms with Crippen LogP contribution in [0.3, 0.4) is 0 Å². The lowest BCUT2D eigenvalue weighted by molar-refractivity contribution is -0.160. The summed E-state index contributed by atoms with van der Waals surface area (Å²) in [4.78, 5) is 32.3. The number of ether oxygens (including phenoxy) is 1. The lowest BCUT2D eigenvalue weighted by atomic mass is 9.83. The number of thiophene rings is 2. The molecule has 0 aliphatic carbocycles. The van der Waals surface area contributed by atoms with Gasteiger partial charge in [-0.15, -0.1) is 22.7 Å². The maximum Gasteiger partial charge on any atom is 0.264 e. The summed E-state index contributed by atoms with van der Waals surface area (Å²) in [5, 5.41) is 3.93. The normalized spacial score (nSPS) is 24.0. The van der Waals surface area contributed by atoms with Gasteiger partial charge in [0.1, 0.15) is 0 Å². The van der Waals surface area contributed by atoms with Crippen molar-refractivity contribution in [1.29, 1.82) is 0 Å². The molecule has 0 bridgehead atoms. The van der Waals surface area contributed by atoms with Crippen molar-refractivity contribution in [3.8, 4) is 0 Å². The minimum Gasteiger partial charge on any atom is -0.361 e. The van der Waals surface area contributed by atoms with Gasteiger partial charge in [-0.3, -0.25) is 9.59 Å². The van der Waals surface area contributed by atoms with Gasteiger partial charge in [0.2, 0.25) is 0 Å². The molecule has 5 nitrogen and oxygen atoms in total. The van der Waals surface area contributed by atoms with Crippen LogP contribution < -0.4 is 0 Å². The summed E-state index contributed by atoms with van der Waals surface area (Å²) in [7, 11) is 0. The van der Waals surface area contributed by atoms with Crippen LogP contribution in [0, 0.1) is 0 Å². The highest BCUT2D eigenvalue weighted by Crippen LogP contribution is 2.43. The lowest BCUT2D eigenvalue weighted by Crippen LogP contribution is -2.59. The van der Waals surface area contributed by atoms with E-state index in [9.17, 15) is 9.59 Å². The molecule has 0 unspecified atom stereocenters. The zero-order chi connectivity index (χ0) is 20.6. The first kappa shape index (κ1) is 19.5. The Labute approximate surface area is 183 Å². The molecule has 2 aliphatic heterocycles. The minimum absolute atomic E-state index is 0.0200. The van der Waals surface area contributed by atoms with Gasteiger partial charge in [-0.25, -0.2) is 0 Å². The lowest BCUT2D eigenvalue weighted by Gasteiger charge is -2.42. The highest BCUT2D eigenvalue weighted by molar-refractivity contribution is 7.12. The number of morpholine rings is 1. The van der Waals surface area contributed by atoms with Gasteiger partial charge in [0.25, 0.3) is 11.8 Å². The van der Waals surface area contributed by atoms with E-state index in [-0.39, 0.29) is 24.3 Å². The average molecular weight is 439 g/mol. The van der Waals surface area contributed by atoms with Crippen molar-refractivity contribution in [2.45, 2.75) is 18.1 Å². The summed E-state index contributed by atoms with van der Waals surface area (Å²) in [6.07, 6.45) is 0. The molecule has 7 heteroatoms. The Hall–Kier alpha value is -2.48. The molecule has 2 atom stereocenters. The molecule has 4 heterocycles. The van der Waals surface area contributed by atoms with Gasteiger partial charge in [0.15, 0.2) is 5.60 Å². The van der Waals surface area contributed by atoms with E-state index in [4.69, 9.17) is 4.74 Å². The average Bonchev–Trinajstić information content (AvgIpc) is 3.54. The van der Waals surface area contributed by atoms with E-state index in [1.54, 1.807) is 16.2 Å². The highest BCUT2D eigenvalue weighted by Gasteiger charge is 2.58. The summed E-state index contributed by atoms with van der Waals surface area (Å²) in [5.41, 5.74) is 0.0361. The second-order valence-electron chi connectivity index (χ2n) is 7.67. The Morgan fingerprint density at radius 1 is 1.07 bits per heavy atom. The third-order valence-electron chi connectivity index (χ3n) is 5.91. The van der Waals surface area contributed by atoms with E-state index in [1.807, 2.05) is 52.1 Å². The molecule has 3 aromatic rings. The number of hydrogen-bond donors (Lipinski definition) is 0. The fraction of sp³-hybridized carbons (Fsp3) is 0.304. The number of hydrogen-bond acceptors (Lipinski definition) is 5. The van der Waals surface area contributed by atoms with E-state index in [1.165, 1.54) is 11.3 Å². The van der Waals surface area contributed by atoms with Gasteiger partial charge in [-0.2, -0.15) is 0 Å². The van der Waals surface area contributed by atoms with Crippen molar-refractivity contribution in [1.82, 2.24) is 9.80 Å². The molecular weight excluding hydrogens is 416 g/mol. The van der Waals surface area contributed by atoms with Crippen LogP contribution >= 0.6 is 22.7 Å². The van der Waals surface area contributed by atoms with Gasteiger partial charge < -0.3 is 14.5 Å². The minimum atomic E-state index is -1.04. The molecule has 0 saturated carbocycles. The maximum atomic E-state index is 13.7. The van der Waals surface area contributed by atoms with Crippen LogP contribution in [-0.2, 0) is 16.1 Å². The molecule has 5 rings (SSSR count). The number of carbonyl (C=O) groups excluding carboxylic acids is 2. The molecule has 154 valence electrons. The topological polar surface area (TPSA) is 49.9 Å². The molecule has 2 aromatic heterocycles. The summed E-state index contributed by atoms with van der Waals surface area (Å²) < 4.78 is 6.27. The smallest absolute Gasteiger partial charge is 0.264 e. The third-order valence-corrected chi connectivity index (χ3v) is 7.63. The fourth-order valence-electron chi connectivity index (χ4n) is 4.47. The van der Waals surface area contributed by atoms with Crippen LogP contribution in [-0.4, -0.2) is 53.5 Å². The van der Waals surface area contributed by atoms with Crippen molar-refractivity contribution in [2.75, 3.05) is 26.2 Å². The Bertz CT molecular complexity index is 1020. The molecule has 0 N–H and O–H groups in total. The summed E-state index contributed by atoms with van der Waals surface area (Å²) in [6, 6.07) is 17.8. The van der Waals surface area contributed by atoms with Crippen LogP contribution in [0.5, 0.6) is 0 Å². The van der Waals surface area contributed by atoms with E-state index in [0.717, 1.165) is 10.4 Å². The molecular formula is C23H22N2O3S2. The van der Waals surface area contributed by atoms with Gasteiger partial charge in [0, 0.05) is 23.9 Å². The van der Waals surface area contributed by atoms with Crippen molar-refractivity contribution in [3.05, 3.63) is 80.7 Å². The van der Waals surface area contributed by atoms with Crippen LogP contribution in [0.1, 0.15) is 26.0 Å². The monoisotopic (exact) mass is 438 g/mol. The predicted molar refractivity (Wildman–Crippen MR) is 118 cm³/mol. The van der Waals surface area contributed by atoms with Gasteiger partial charge in [0.05, 0.1) is 24.6 Å². The summed E-state index contributed by atoms with van der Waals surface area (Å²) >= 11 is 3.08. The van der Waals surface area contributed by atoms with E-state index in [0.29, 0.717) is 31.1 Å². The van der Waals surface area contributed by atoms with E-state index in [2.05, 4.69) is 18.2 Å². The first-order valence-electron chi connectivity index (χ1n) is 10.0. The van der Waals surface area contributed by atoms with Crippen LogP contribution in [0.2, 0.25) is 0 Å². The summed E-state index contributed by atoms with van der Waals surface area (Å²) in [5.74, 6) is -0.164. The van der Waals surface area contributed by atoms with Crippen LogP contribution in [0.4, 0.5) is 0 Å². The first-order chi connectivity index (χ1) is 14.7. The molecule has 2 aliphatic rings. The second-order valence-corrected chi connectivity index (χ2v) is 9.65. The van der Waals surface area contributed by atoms with Crippen molar-refractivity contribution in [3.63, 3.8) is 0 Å². The molecule has 1 aromatic carbocycles. The Balaban J connectivity index is 1.48. The zero-order valence-corrected chi connectivity index (χ0v) is 18.0. The van der Waals surface area contributed by atoms with Crippen LogP contribution in [0.25, 0.3) is 0 Å². The van der Waals surface area contributed by atoms with Gasteiger partial charge in [-0.05, 0) is 28.5 Å². The quantitative estimate of drug-likeness (QED) is 0.622. The van der Waals surface area contributed by atoms with Crippen molar-refractivity contribution < 1.29 is 14.3 Å². The fourth-order valence-corrected chi connectivity index (χ4v) is 5.88. The summed E-state index contributed by atoms with van der Waals surface area (Å²) in [6.45, 7) is 2.30. The van der Waals surface area contributed by atoms with Gasteiger partial charge >= 0.3 is 0 Å². The number of benzene rings is 1. The molecule has 30 heavy (non-hydrogen) atoms. The molecule has 2 fully saturated rings. The molecule has 0 radical (unpaired) electrons. The number of likely N-dealkylation sites (tertiary alicyclic amines) is 1. The van der Waals surface area contributed by atoms with E-state index >= 15 is 0 Å². The SMILES string of the molecule is O=C(c1cccs1)N1CCO[C@]2(C1)C(=O)N(Cc1cccs1)C[C@@H]2c1ccccc1. The van der Waals surface area contributed by atoms with Crippen LogP contribution in [0.15, 0.2) is 65.4 Å². The zero-order valence-electron chi connectivity index (χ0n) is 16.4. The Morgan fingerprint density at radius 3 is 2.60 bits per heavy atom. The second kappa shape index (κ2) is 7.98. The largest absolute Gasteiger partial charge is 0.361 e. The number of nitrogens with zero attached hydrogens (tertiary/aromatic N) is 2. The van der Waals surface area contributed by atoms with Crippen molar-refractivity contribution in [2.24, 2.45) is 0 Å². The highest BCUT2D eigenvalue weighted by atomic mass is 32.1. The standard InChI is InChI=1S/C23H22N2O3S2/c26-21(20-9-5-13-30-20)24-10-11-28-23(16-24)19(17-6-2-1-3-7-17)15-25(22(23)27)14-18-8-4-12-29-18/h1-9,12-13,19H,10-11,14-16H2/t19-,23+/m1/s1. The third kappa shape index (κ3) is 3.37. The maximum absolute atomic E-state index is 13.7. The molecule has 2 saturated heterocycles. The number of carbonyl (C=O) groups is 2. The Kier molecular flexibility index (Phi) is 5.18. The Morgan fingerprint density at radius 2 is 1.87 bits per heavy atom.